The number of pyridine rings is 1. The van der Waals surface area contributed by atoms with Crippen molar-refractivity contribution in [2.75, 3.05) is 31.2 Å². The highest BCUT2D eigenvalue weighted by molar-refractivity contribution is 5.88. The smallest absolute Gasteiger partial charge is 0.273 e. The molecule has 2 aliphatic heterocycles. The molecule has 2 aliphatic rings. The zero-order valence-electron chi connectivity index (χ0n) is 11.1. The van der Waals surface area contributed by atoms with E-state index in [1.165, 1.54) is 6.33 Å². The van der Waals surface area contributed by atoms with Crippen LogP contribution in [0.4, 0.5) is 5.69 Å². The third kappa shape index (κ3) is 1.71. The molecule has 104 valence electrons. The summed E-state index contributed by atoms with van der Waals surface area (Å²) in [5, 5.41) is 0.870. The first-order valence-electron chi connectivity index (χ1n) is 6.92. The molecule has 4 heterocycles. The lowest BCUT2D eigenvalue weighted by Crippen LogP contribution is -2.51. The Morgan fingerprint density at radius 3 is 2.80 bits per heavy atom. The van der Waals surface area contributed by atoms with Crippen molar-refractivity contribution in [3.05, 3.63) is 29.1 Å². The van der Waals surface area contributed by atoms with Gasteiger partial charge in [-0.3, -0.25) is 4.79 Å². The Morgan fingerprint density at radius 1 is 1.30 bits per heavy atom. The molecule has 0 aliphatic carbocycles. The van der Waals surface area contributed by atoms with Crippen molar-refractivity contribution in [1.29, 1.82) is 0 Å². The molecular weight excluding hydrogens is 256 g/mol. The van der Waals surface area contributed by atoms with Gasteiger partial charge in [-0.25, -0.2) is 9.97 Å². The Labute approximate surface area is 115 Å². The van der Waals surface area contributed by atoms with Gasteiger partial charge in [0.25, 0.3) is 5.56 Å². The van der Waals surface area contributed by atoms with Crippen LogP contribution in [0, 0.1) is 5.41 Å². The van der Waals surface area contributed by atoms with E-state index in [1.54, 1.807) is 12.4 Å². The van der Waals surface area contributed by atoms with Gasteiger partial charge in [0.2, 0.25) is 0 Å². The molecule has 0 bridgehead atoms. The standard InChI is InChI=1S/C14H16N4O2/c19-13-12(11-10(6-16-13)5-15-9-17-11)18-3-1-14(2-4-18)7-20-8-14/h5-6,9H,1-4,7-8H2,(H,16,19). The lowest BCUT2D eigenvalue weighted by atomic mass is 9.77. The summed E-state index contributed by atoms with van der Waals surface area (Å²) in [5.74, 6) is 0. The van der Waals surface area contributed by atoms with Gasteiger partial charge in [-0.15, -0.1) is 0 Å². The number of ether oxygens (including phenoxy) is 1. The number of anilines is 1. The van der Waals surface area contributed by atoms with Gasteiger partial charge >= 0.3 is 0 Å². The third-order valence-corrected chi connectivity index (χ3v) is 4.50. The van der Waals surface area contributed by atoms with Crippen LogP contribution < -0.4 is 10.5 Å². The van der Waals surface area contributed by atoms with Crippen LogP contribution in [0.25, 0.3) is 10.9 Å². The van der Waals surface area contributed by atoms with E-state index in [0.717, 1.165) is 50.0 Å². The topological polar surface area (TPSA) is 71.1 Å². The van der Waals surface area contributed by atoms with Gasteiger partial charge in [0.05, 0.1) is 13.2 Å². The first-order chi connectivity index (χ1) is 9.77. The van der Waals surface area contributed by atoms with Crippen LogP contribution in [0.1, 0.15) is 12.8 Å². The van der Waals surface area contributed by atoms with Gasteiger partial charge in [0.15, 0.2) is 0 Å². The minimum absolute atomic E-state index is 0.0722. The first kappa shape index (κ1) is 11.8. The monoisotopic (exact) mass is 272 g/mol. The van der Waals surface area contributed by atoms with Crippen molar-refractivity contribution >= 4 is 16.6 Å². The van der Waals surface area contributed by atoms with Crippen LogP contribution in [0.5, 0.6) is 0 Å². The van der Waals surface area contributed by atoms with Crippen molar-refractivity contribution in [3.63, 3.8) is 0 Å². The molecule has 0 atom stereocenters. The second-order valence-electron chi connectivity index (χ2n) is 5.77. The highest BCUT2D eigenvalue weighted by Crippen LogP contribution is 2.39. The molecule has 2 aromatic rings. The molecule has 6 nitrogen and oxygen atoms in total. The van der Waals surface area contributed by atoms with Crippen LogP contribution in [0.3, 0.4) is 0 Å². The average molecular weight is 272 g/mol. The second-order valence-corrected chi connectivity index (χ2v) is 5.77. The molecule has 1 spiro atoms. The number of hydrogen-bond donors (Lipinski definition) is 1. The number of hydrogen-bond acceptors (Lipinski definition) is 5. The zero-order chi connectivity index (χ0) is 13.6. The molecule has 2 saturated heterocycles. The molecule has 0 unspecified atom stereocenters. The molecule has 1 N–H and O–H groups in total. The Morgan fingerprint density at radius 2 is 2.10 bits per heavy atom. The van der Waals surface area contributed by atoms with E-state index in [4.69, 9.17) is 4.74 Å². The van der Waals surface area contributed by atoms with Crippen molar-refractivity contribution < 1.29 is 4.74 Å². The predicted molar refractivity (Wildman–Crippen MR) is 74.9 cm³/mol. The minimum atomic E-state index is -0.0722. The minimum Gasteiger partial charge on any atom is -0.380 e. The van der Waals surface area contributed by atoms with Crippen molar-refractivity contribution in [3.8, 4) is 0 Å². The number of nitrogens with one attached hydrogen (secondary N) is 1. The summed E-state index contributed by atoms with van der Waals surface area (Å²) < 4.78 is 5.34. The Hall–Kier alpha value is -1.95. The summed E-state index contributed by atoms with van der Waals surface area (Å²) in [5.41, 5.74) is 1.71. The molecule has 0 aromatic carbocycles. The number of fused-ring (bicyclic) bond motifs is 1. The van der Waals surface area contributed by atoms with Crippen LogP contribution in [-0.2, 0) is 4.74 Å². The van der Waals surface area contributed by atoms with Crippen molar-refractivity contribution in [1.82, 2.24) is 15.0 Å². The Bertz CT molecular complexity index is 698. The third-order valence-electron chi connectivity index (χ3n) is 4.50. The highest BCUT2D eigenvalue weighted by Gasteiger charge is 2.41. The zero-order valence-corrected chi connectivity index (χ0v) is 11.1. The number of rotatable bonds is 1. The van der Waals surface area contributed by atoms with E-state index in [9.17, 15) is 4.79 Å². The largest absolute Gasteiger partial charge is 0.380 e. The van der Waals surface area contributed by atoms with Crippen LogP contribution in [0.2, 0.25) is 0 Å². The molecule has 2 fully saturated rings. The van der Waals surface area contributed by atoms with E-state index >= 15 is 0 Å². The quantitative estimate of drug-likeness (QED) is 0.836. The molecule has 0 saturated carbocycles. The average Bonchev–Trinajstić information content (AvgIpc) is 2.46. The van der Waals surface area contributed by atoms with E-state index in [2.05, 4.69) is 19.9 Å². The number of aromatic nitrogens is 3. The van der Waals surface area contributed by atoms with E-state index < -0.39 is 0 Å². The fourth-order valence-corrected chi connectivity index (χ4v) is 3.14. The van der Waals surface area contributed by atoms with Gasteiger partial charge in [-0.1, -0.05) is 0 Å². The predicted octanol–water partition coefficient (Wildman–Crippen LogP) is 0.935. The Balaban J connectivity index is 1.72. The maximum atomic E-state index is 12.2. The Kier molecular flexibility index (Phi) is 2.53. The SMILES string of the molecule is O=c1[nH]cc2cncnc2c1N1CCC2(CC1)COC2. The molecule has 20 heavy (non-hydrogen) atoms. The molecule has 0 amide bonds. The van der Waals surface area contributed by atoms with Gasteiger partial charge in [0, 0.05) is 36.3 Å². The van der Waals surface area contributed by atoms with E-state index in [-0.39, 0.29) is 5.56 Å². The summed E-state index contributed by atoms with van der Waals surface area (Å²) in [6, 6.07) is 0. The number of piperidine rings is 1. The maximum absolute atomic E-state index is 12.2. The fourth-order valence-electron chi connectivity index (χ4n) is 3.14. The summed E-state index contributed by atoms with van der Waals surface area (Å²) in [6.45, 7) is 3.51. The number of aromatic amines is 1. The number of nitrogens with zero attached hydrogens (tertiary/aromatic N) is 3. The summed E-state index contributed by atoms with van der Waals surface area (Å²) in [7, 11) is 0. The fraction of sp³-hybridized carbons (Fsp3) is 0.500. The molecule has 2 aromatic heterocycles. The summed E-state index contributed by atoms with van der Waals surface area (Å²) in [6.07, 6.45) is 7.05. The molecule has 4 rings (SSSR count). The lowest BCUT2D eigenvalue weighted by molar-refractivity contribution is -0.124. The van der Waals surface area contributed by atoms with Gasteiger partial charge < -0.3 is 14.6 Å². The second kappa shape index (κ2) is 4.28. The molecule has 6 heteroatoms. The van der Waals surface area contributed by atoms with Crippen molar-refractivity contribution in [2.45, 2.75) is 12.8 Å². The summed E-state index contributed by atoms with van der Waals surface area (Å²) in [4.78, 5) is 25.4. The van der Waals surface area contributed by atoms with Gasteiger partial charge in [-0.2, -0.15) is 0 Å². The van der Waals surface area contributed by atoms with Gasteiger partial charge in [0.1, 0.15) is 17.5 Å². The lowest BCUT2D eigenvalue weighted by Gasteiger charge is -2.47. The van der Waals surface area contributed by atoms with Crippen LogP contribution in [-0.4, -0.2) is 41.3 Å². The van der Waals surface area contributed by atoms with Crippen LogP contribution >= 0.6 is 0 Å². The van der Waals surface area contributed by atoms with E-state index in [0.29, 0.717) is 11.1 Å². The maximum Gasteiger partial charge on any atom is 0.273 e. The molecular formula is C14H16N4O2. The molecule has 0 radical (unpaired) electrons. The van der Waals surface area contributed by atoms with E-state index in [1.807, 2.05) is 0 Å². The summed E-state index contributed by atoms with van der Waals surface area (Å²) >= 11 is 0. The van der Waals surface area contributed by atoms with Crippen LogP contribution in [0.15, 0.2) is 23.5 Å². The normalized spacial score (nSPS) is 21.1. The van der Waals surface area contributed by atoms with Gasteiger partial charge in [-0.05, 0) is 12.8 Å². The van der Waals surface area contributed by atoms with Crippen molar-refractivity contribution in [2.24, 2.45) is 5.41 Å². The highest BCUT2D eigenvalue weighted by atomic mass is 16.5. The number of H-pyrrole nitrogens is 1. The first-order valence-corrected chi connectivity index (χ1v) is 6.92.